The minimum absolute atomic E-state index is 0.0640. The highest BCUT2D eigenvalue weighted by molar-refractivity contribution is 5.95. The van der Waals surface area contributed by atoms with Crippen molar-refractivity contribution in [2.45, 2.75) is 20.8 Å². The summed E-state index contributed by atoms with van der Waals surface area (Å²) in [6.07, 6.45) is 0. The van der Waals surface area contributed by atoms with Crippen LogP contribution in [-0.2, 0) is 4.79 Å². The van der Waals surface area contributed by atoms with Crippen LogP contribution in [0.3, 0.4) is 0 Å². The van der Waals surface area contributed by atoms with Gasteiger partial charge in [0.05, 0.1) is 13.7 Å². The summed E-state index contributed by atoms with van der Waals surface area (Å²) in [7, 11) is 1.63. The monoisotopic (exact) mass is 298 g/mol. The molecule has 0 aromatic heterocycles. The Hall–Kier alpha value is -2.49. The van der Waals surface area contributed by atoms with E-state index in [1.807, 2.05) is 38.1 Å². The first-order chi connectivity index (χ1) is 10.5. The normalized spacial score (nSPS) is 10.2. The first-order valence-electron chi connectivity index (χ1n) is 7.25. The van der Waals surface area contributed by atoms with Gasteiger partial charge in [-0.2, -0.15) is 0 Å². The highest BCUT2D eigenvalue weighted by Gasteiger charge is 2.08. The van der Waals surface area contributed by atoms with Crippen LogP contribution in [0.15, 0.2) is 36.4 Å². The predicted molar refractivity (Wildman–Crippen MR) is 90.8 cm³/mol. The molecular formula is C18H22N2O2. The summed E-state index contributed by atoms with van der Waals surface area (Å²) in [5.41, 5.74) is 5.13. The second kappa shape index (κ2) is 6.98. The highest BCUT2D eigenvalue weighted by atomic mass is 16.5. The number of aryl methyl sites for hydroxylation is 3. The van der Waals surface area contributed by atoms with Crippen LogP contribution in [0.4, 0.5) is 11.4 Å². The van der Waals surface area contributed by atoms with Gasteiger partial charge in [-0.1, -0.05) is 17.7 Å². The Morgan fingerprint density at radius 3 is 2.18 bits per heavy atom. The standard InChI is InChI=1S/C18H22N2O2/c1-12-9-13(2)18(14(3)10-12)20-17(21)11-19-15-5-7-16(22-4)8-6-15/h5-10,19H,11H2,1-4H3,(H,20,21). The Balaban J connectivity index is 1.95. The molecule has 0 fully saturated rings. The Morgan fingerprint density at radius 2 is 1.64 bits per heavy atom. The Morgan fingerprint density at radius 1 is 1.05 bits per heavy atom. The third kappa shape index (κ3) is 4.01. The van der Waals surface area contributed by atoms with Crippen molar-refractivity contribution in [2.24, 2.45) is 0 Å². The van der Waals surface area contributed by atoms with E-state index in [0.29, 0.717) is 0 Å². The fourth-order valence-electron chi connectivity index (χ4n) is 2.45. The van der Waals surface area contributed by atoms with Crippen LogP contribution in [0, 0.1) is 20.8 Å². The number of hydrogen-bond acceptors (Lipinski definition) is 3. The smallest absolute Gasteiger partial charge is 0.243 e. The quantitative estimate of drug-likeness (QED) is 0.885. The van der Waals surface area contributed by atoms with Crippen LogP contribution in [0.2, 0.25) is 0 Å². The third-order valence-electron chi connectivity index (χ3n) is 3.48. The number of ether oxygens (including phenoxy) is 1. The molecule has 0 aliphatic rings. The number of anilines is 2. The summed E-state index contributed by atoms with van der Waals surface area (Å²) in [6.45, 7) is 6.29. The number of methoxy groups -OCH3 is 1. The zero-order chi connectivity index (χ0) is 16.1. The molecule has 0 radical (unpaired) electrons. The van der Waals surface area contributed by atoms with Gasteiger partial charge in [-0.15, -0.1) is 0 Å². The molecule has 1 amide bonds. The van der Waals surface area contributed by atoms with E-state index >= 15 is 0 Å². The third-order valence-corrected chi connectivity index (χ3v) is 3.48. The number of nitrogens with one attached hydrogen (secondary N) is 2. The largest absolute Gasteiger partial charge is 0.497 e. The van der Waals surface area contributed by atoms with Crippen molar-refractivity contribution in [3.63, 3.8) is 0 Å². The molecule has 0 atom stereocenters. The van der Waals surface area contributed by atoms with Crippen LogP contribution in [-0.4, -0.2) is 19.6 Å². The van der Waals surface area contributed by atoms with Crippen molar-refractivity contribution in [3.8, 4) is 5.75 Å². The molecule has 2 aromatic rings. The first kappa shape index (κ1) is 15.9. The summed E-state index contributed by atoms with van der Waals surface area (Å²) in [4.78, 5) is 12.1. The van der Waals surface area contributed by atoms with Crippen LogP contribution in [0.5, 0.6) is 5.75 Å². The number of rotatable bonds is 5. The van der Waals surface area contributed by atoms with Crippen molar-refractivity contribution in [1.82, 2.24) is 0 Å². The molecule has 22 heavy (non-hydrogen) atoms. The minimum Gasteiger partial charge on any atom is -0.497 e. The molecule has 0 saturated heterocycles. The lowest BCUT2D eigenvalue weighted by atomic mass is 10.1. The van der Waals surface area contributed by atoms with Crippen molar-refractivity contribution in [3.05, 3.63) is 53.1 Å². The molecular weight excluding hydrogens is 276 g/mol. The molecule has 4 nitrogen and oxygen atoms in total. The first-order valence-corrected chi connectivity index (χ1v) is 7.25. The van der Waals surface area contributed by atoms with Gasteiger partial charge in [0, 0.05) is 11.4 Å². The van der Waals surface area contributed by atoms with E-state index in [0.717, 1.165) is 28.3 Å². The number of hydrogen-bond donors (Lipinski definition) is 2. The SMILES string of the molecule is COc1ccc(NCC(=O)Nc2c(C)cc(C)cc2C)cc1. The van der Waals surface area contributed by atoms with Gasteiger partial charge in [0.15, 0.2) is 0 Å². The highest BCUT2D eigenvalue weighted by Crippen LogP contribution is 2.22. The second-order valence-electron chi connectivity index (χ2n) is 5.40. The topological polar surface area (TPSA) is 50.4 Å². The number of benzene rings is 2. The fraction of sp³-hybridized carbons (Fsp3) is 0.278. The maximum absolute atomic E-state index is 12.1. The van der Waals surface area contributed by atoms with Gasteiger partial charge in [0.25, 0.3) is 0 Å². The number of carbonyl (C=O) groups excluding carboxylic acids is 1. The number of carbonyl (C=O) groups is 1. The van der Waals surface area contributed by atoms with E-state index in [9.17, 15) is 4.79 Å². The lowest BCUT2D eigenvalue weighted by molar-refractivity contribution is -0.114. The molecule has 116 valence electrons. The molecule has 2 rings (SSSR count). The predicted octanol–water partition coefficient (Wildman–Crippen LogP) is 3.67. The second-order valence-corrected chi connectivity index (χ2v) is 5.40. The molecule has 4 heteroatoms. The van der Waals surface area contributed by atoms with Crippen LogP contribution >= 0.6 is 0 Å². The van der Waals surface area contributed by atoms with Crippen molar-refractivity contribution in [2.75, 3.05) is 24.3 Å². The Kier molecular flexibility index (Phi) is 5.04. The summed E-state index contributed by atoms with van der Waals surface area (Å²) in [5, 5.41) is 6.07. The molecule has 0 aliphatic carbocycles. The summed E-state index contributed by atoms with van der Waals surface area (Å²) in [6, 6.07) is 11.6. The van der Waals surface area contributed by atoms with Gasteiger partial charge in [0.1, 0.15) is 5.75 Å². The molecule has 0 saturated carbocycles. The van der Waals surface area contributed by atoms with Gasteiger partial charge < -0.3 is 15.4 Å². The van der Waals surface area contributed by atoms with Gasteiger partial charge >= 0.3 is 0 Å². The van der Waals surface area contributed by atoms with Gasteiger partial charge in [-0.05, 0) is 56.2 Å². The van der Waals surface area contributed by atoms with E-state index in [4.69, 9.17) is 4.74 Å². The van der Waals surface area contributed by atoms with Crippen molar-refractivity contribution in [1.29, 1.82) is 0 Å². The molecule has 2 aromatic carbocycles. The molecule has 0 bridgehead atoms. The van der Waals surface area contributed by atoms with Gasteiger partial charge in [-0.25, -0.2) is 0 Å². The van der Waals surface area contributed by atoms with Gasteiger partial charge in [-0.3, -0.25) is 4.79 Å². The van der Waals surface area contributed by atoms with E-state index in [-0.39, 0.29) is 12.5 Å². The summed E-state index contributed by atoms with van der Waals surface area (Å²) >= 11 is 0. The van der Waals surface area contributed by atoms with E-state index in [1.54, 1.807) is 7.11 Å². The average Bonchev–Trinajstić information content (AvgIpc) is 2.49. The Bertz CT molecular complexity index is 640. The van der Waals surface area contributed by atoms with Crippen LogP contribution < -0.4 is 15.4 Å². The van der Waals surface area contributed by atoms with Gasteiger partial charge in [0.2, 0.25) is 5.91 Å². The van der Waals surface area contributed by atoms with Crippen molar-refractivity contribution < 1.29 is 9.53 Å². The summed E-state index contributed by atoms with van der Waals surface area (Å²) < 4.78 is 5.10. The lowest BCUT2D eigenvalue weighted by Gasteiger charge is -2.13. The van der Waals surface area contributed by atoms with E-state index in [1.165, 1.54) is 5.56 Å². The zero-order valence-electron chi connectivity index (χ0n) is 13.5. The van der Waals surface area contributed by atoms with E-state index in [2.05, 4.69) is 29.7 Å². The molecule has 0 unspecified atom stereocenters. The fourth-order valence-corrected chi connectivity index (χ4v) is 2.45. The molecule has 0 aliphatic heterocycles. The lowest BCUT2D eigenvalue weighted by Crippen LogP contribution is -2.22. The molecule has 0 spiro atoms. The maximum Gasteiger partial charge on any atom is 0.243 e. The molecule has 2 N–H and O–H groups in total. The Labute approximate surface area is 131 Å². The average molecular weight is 298 g/mol. The van der Waals surface area contributed by atoms with Crippen LogP contribution in [0.1, 0.15) is 16.7 Å². The minimum atomic E-state index is -0.0640. The maximum atomic E-state index is 12.1. The summed E-state index contributed by atoms with van der Waals surface area (Å²) in [5.74, 6) is 0.728. The molecule has 0 heterocycles. The zero-order valence-corrected chi connectivity index (χ0v) is 13.5. The van der Waals surface area contributed by atoms with Crippen molar-refractivity contribution >= 4 is 17.3 Å². The van der Waals surface area contributed by atoms with E-state index < -0.39 is 0 Å². The number of amides is 1. The van der Waals surface area contributed by atoms with Crippen LogP contribution in [0.25, 0.3) is 0 Å².